The highest BCUT2D eigenvalue weighted by Crippen LogP contribution is 2.35. The van der Waals surface area contributed by atoms with Crippen LogP contribution in [0.3, 0.4) is 0 Å². The van der Waals surface area contributed by atoms with Gasteiger partial charge < -0.3 is 5.11 Å². The predicted octanol–water partition coefficient (Wildman–Crippen LogP) is 6.08. The second-order valence-electron chi connectivity index (χ2n) is 7.21. The lowest BCUT2D eigenvalue weighted by Crippen LogP contribution is -2.33. The highest BCUT2D eigenvalue weighted by molar-refractivity contribution is 9.10. The van der Waals surface area contributed by atoms with E-state index in [1.165, 1.54) is 17.7 Å². The zero-order chi connectivity index (χ0) is 20.4. The Kier molecular flexibility index (Phi) is 5.79. The number of hydrogen-bond acceptors (Lipinski definition) is 3. The number of benzene rings is 3. The fraction of sp³-hybridized carbons (Fsp3) is 0.208. The molecule has 0 bridgehead atoms. The van der Waals surface area contributed by atoms with Crippen LogP contribution in [0.25, 0.3) is 0 Å². The van der Waals surface area contributed by atoms with Crippen LogP contribution in [0.1, 0.15) is 47.8 Å². The van der Waals surface area contributed by atoms with E-state index in [0.717, 1.165) is 33.3 Å². The number of nitrogens with one attached hydrogen (secondary N) is 1. The smallest absolute Gasteiger partial charge is 0.126 e. The lowest BCUT2D eigenvalue weighted by Gasteiger charge is -2.31. The molecule has 29 heavy (non-hydrogen) atoms. The summed E-state index contributed by atoms with van der Waals surface area (Å²) in [5, 5.41) is 13.9. The van der Waals surface area contributed by atoms with Crippen molar-refractivity contribution < 1.29 is 9.50 Å². The predicted molar refractivity (Wildman–Crippen MR) is 118 cm³/mol. The first-order chi connectivity index (χ1) is 14.0. The van der Waals surface area contributed by atoms with Gasteiger partial charge in [0.25, 0.3) is 0 Å². The molecule has 3 aromatic carbocycles. The summed E-state index contributed by atoms with van der Waals surface area (Å²) in [6.45, 7) is 2.13. The summed E-state index contributed by atoms with van der Waals surface area (Å²) in [6.07, 6.45) is 1.21. The number of aryl methyl sites for hydroxylation is 1. The molecule has 0 fully saturated rings. The molecule has 0 unspecified atom stereocenters. The van der Waals surface area contributed by atoms with Crippen LogP contribution in [-0.4, -0.2) is 10.8 Å². The summed E-state index contributed by atoms with van der Waals surface area (Å²) in [5.41, 5.74) is 4.80. The highest BCUT2D eigenvalue weighted by atomic mass is 79.9. The van der Waals surface area contributed by atoms with Crippen molar-refractivity contribution in [3.8, 4) is 5.75 Å². The van der Waals surface area contributed by atoms with Gasteiger partial charge in [0.1, 0.15) is 17.7 Å². The SMILES string of the molecule is CCc1ccc(C2=N[C@H](c3cccc(F)c3)N[C@@H](c3cc(Br)ccc3O)C2)cc1. The van der Waals surface area contributed by atoms with E-state index < -0.39 is 6.17 Å². The van der Waals surface area contributed by atoms with Crippen LogP contribution in [0.2, 0.25) is 0 Å². The van der Waals surface area contributed by atoms with Gasteiger partial charge in [-0.05, 0) is 53.4 Å². The monoisotopic (exact) mass is 452 g/mol. The second kappa shape index (κ2) is 8.47. The summed E-state index contributed by atoms with van der Waals surface area (Å²) in [6, 6.07) is 20.1. The molecule has 1 aliphatic rings. The van der Waals surface area contributed by atoms with E-state index in [0.29, 0.717) is 6.42 Å². The van der Waals surface area contributed by atoms with Crippen molar-refractivity contribution in [1.82, 2.24) is 5.32 Å². The molecule has 0 aliphatic carbocycles. The van der Waals surface area contributed by atoms with Crippen LogP contribution in [0.15, 0.2) is 76.2 Å². The standard InChI is InChI=1S/C24H22BrFN2O/c1-2-15-6-8-16(9-7-15)21-14-22(20-13-18(25)10-11-23(20)29)28-24(27-21)17-4-3-5-19(26)12-17/h3-13,22,24,28-29H,2,14H2,1H3/t22-,24+/m1/s1. The quantitative estimate of drug-likeness (QED) is 0.503. The molecule has 0 saturated carbocycles. The summed E-state index contributed by atoms with van der Waals surface area (Å²) in [4.78, 5) is 4.89. The van der Waals surface area contributed by atoms with E-state index in [4.69, 9.17) is 4.99 Å². The molecule has 2 N–H and O–H groups in total. The van der Waals surface area contributed by atoms with Gasteiger partial charge in [-0.2, -0.15) is 0 Å². The average molecular weight is 453 g/mol. The van der Waals surface area contributed by atoms with Gasteiger partial charge in [-0.25, -0.2) is 4.39 Å². The number of phenols is 1. The van der Waals surface area contributed by atoms with Gasteiger partial charge in [0, 0.05) is 28.2 Å². The minimum Gasteiger partial charge on any atom is -0.508 e. The van der Waals surface area contributed by atoms with Gasteiger partial charge in [-0.1, -0.05) is 59.3 Å². The first kappa shape index (κ1) is 19.8. The van der Waals surface area contributed by atoms with E-state index in [-0.39, 0.29) is 17.6 Å². The number of nitrogens with zero attached hydrogens (tertiary/aromatic N) is 1. The van der Waals surface area contributed by atoms with Crippen molar-refractivity contribution >= 4 is 21.6 Å². The number of aromatic hydroxyl groups is 1. The molecule has 3 aromatic rings. The molecule has 1 heterocycles. The van der Waals surface area contributed by atoms with Gasteiger partial charge in [-0.15, -0.1) is 0 Å². The number of hydrogen-bond donors (Lipinski definition) is 2. The lowest BCUT2D eigenvalue weighted by molar-refractivity contribution is 0.411. The topological polar surface area (TPSA) is 44.6 Å². The van der Waals surface area contributed by atoms with Crippen LogP contribution < -0.4 is 5.32 Å². The van der Waals surface area contributed by atoms with Crippen LogP contribution in [0, 0.1) is 5.82 Å². The molecule has 0 spiro atoms. The van der Waals surface area contributed by atoms with E-state index in [9.17, 15) is 9.50 Å². The molecule has 148 valence electrons. The highest BCUT2D eigenvalue weighted by Gasteiger charge is 2.28. The average Bonchev–Trinajstić information content (AvgIpc) is 2.75. The van der Waals surface area contributed by atoms with Crippen molar-refractivity contribution in [2.45, 2.75) is 32.0 Å². The van der Waals surface area contributed by atoms with E-state index in [1.807, 2.05) is 18.2 Å². The third-order valence-corrected chi connectivity index (χ3v) is 5.76. The van der Waals surface area contributed by atoms with Gasteiger partial charge >= 0.3 is 0 Å². The summed E-state index contributed by atoms with van der Waals surface area (Å²) >= 11 is 3.49. The van der Waals surface area contributed by atoms with Crippen molar-refractivity contribution in [3.63, 3.8) is 0 Å². The fourth-order valence-corrected chi connectivity index (χ4v) is 4.04. The Morgan fingerprint density at radius 1 is 1.10 bits per heavy atom. The number of aliphatic imine (C=N–C) groups is 1. The fourth-order valence-electron chi connectivity index (χ4n) is 3.67. The molecule has 0 radical (unpaired) electrons. The van der Waals surface area contributed by atoms with Crippen molar-refractivity contribution in [2.75, 3.05) is 0 Å². The zero-order valence-electron chi connectivity index (χ0n) is 16.1. The normalized spacial score (nSPS) is 19.1. The molecule has 5 heteroatoms. The molecule has 0 aromatic heterocycles. The number of phenolic OH excluding ortho intramolecular Hbond substituents is 1. The van der Waals surface area contributed by atoms with E-state index >= 15 is 0 Å². The Hall–Kier alpha value is -2.50. The number of halogens is 2. The van der Waals surface area contributed by atoms with Gasteiger partial charge in [-0.3, -0.25) is 10.3 Å². The molecule has 1 aliphatic heterocycles. The van der Waals surface area contributed by atoms with Crippen LogP contribution in [0.5, 0.6) is 5.75 Å². The molecular weight excluding hydrogens is 431 g/mol. The third kappa shape index (κ3) is 4.41. The largest absolute Gasteiger partial charge is 0.508 e. The molecular formula is C24H22BrFN2O. The summed E-state index contributed by atoms with van der Waals surface area (Å²) in [5.74, 6) is -0.0629. The van der Waals surface area contributed by atoms with Crippen molar-refractivity contribution in [3.05, 3.63) is 99.3 Å². The molecule has 3 nitrogen and oxygen atoms in total. The van der Waals surface area contributed by atoms with Gasteiger partial charge in [0.05, 0.1) is 0 Å². The van der Waals surface area contributed by atoms with Gasteiger partial charge in [0.15, 0.2) is 0 Å². The van der Waals surface area contributed by atoms with Crippen LogP contribution in [-0.2, 0) is 6.42 Å². The molecule has 0 saturated heterocycles. The van der Waals surface area contributed by atoms with Crippen molar-refractivity contribution in [2.24, 2.45) is 4.99 Å². The molecule has 0 amide bonds. The molecule has 4 rings (SSSR count). The van der Waals surface area contributed by atoms with E-state index in [2.05, 4.69) is 52.4 Å². The molecule has 2 atom stereocenters. The Morgan fingerprint density at radius 2 is 1.90 bits per heavy atom. The Morgan fingerprint density at radius 3 is 2.62 bits per heavy atom. The van der Waals surface area contributed by atoms with Crippen LogP contribution in [0.4, 0.5) is 4.39 Å². The Labute approximate surface area is 178 Å². The summed E-state index contributed by atoms with van der Waals surface area (Å²) < 4.78 is 14.7. The summed E-state index contributed by atoms with van der Waals surface area (Å²) in [7, 11) is 0. The maximum atomic E-state index is 13.8. The minimum atomic E-state index is -0.399. The first-order valence-electron chi connectivity index (χ1n) is 9.69. The maximum absolute atomic E-state index is 13.8. The Bertz CT molecular complexity index is 1050. The Balaban J connectivity index is 1.76. The third-order valence-electron chi connectivity index (χ3n) is 5.27. The minimum absolute atomic E-state index is 0.154. The number of rotatable bonds is 4. The van der Waals surface area contributed by atoms with E-state index in [1.54, 1.807) is 12.1 Å². The lowest BCUT2D eigenvalue weighted by atomic mass is 9.93. The zero-order valence-corrected chi connectivity index (χ0v) is 17.7. The van der Waals surface area contributed by atoms with Gasteiger partial charge in [0.2, 0.25) is 0 Å². The van der Waals surface area contributed by atoms with Crippen molar-refractivity contribution in [1.29, 1.82) is 0 Å². The maximum Gasteiger partial charge on any atom is 0.126 e. The second-order valence-corrected chi connectivity index (χ2v) is 8.13. The first-order valence-corrected chi connectivity index (χ1v) is 10.5. The van der Waals surface area contributed by atoms with Crippen LogP contribution >= 0.6 is 15.9 Å².